The summed E-state index contributed by atoms with van der Waals surface area (Å²) in [5.74, 6) is 0. The predicted octanol–water partition coefficient (Wildman–Crippen LogP) is 3.30. The van der Waals surface area contributed by atoms with Gasteiger partial charge in [0.25, 0.3) is 10.0 Å². The summed E-state index contributed by atoms with van der Waals surface area (Å²) in [6, 6.07) is 3.55. The molecule has 4 rings (SSSR count). The second-order valence-electron chi connectivity index (χ2n) is 4.05. The Kier molecular flexibility index (Phi) is 2.53. The van der Waals surface area contributed by atoms with Crippen LogP contribution in [-0.4, -0.2) is 21.8 Å². The molecular formula is C11H6ClN3O2S3. The molecule has 0 saturated heterocycles. The Labute approximate surface area is 126 Å². The largest absolute Gasteiger partial charge is 0.287 e. The van der Waals surface area contributed by atoms with Crippen molar-refractivity contribution < 1.29 is 8.42 Å². The van der Waals surface area contributed by atoms with E-state index in [-0.39, 0.29) is 10.2 Å². The van der Waals surface area contributed by atoms with Crippen molar-refractivity contribution in [3.05, 3.63) is 40.4 Å². The molecule has 4 aromatic heterocycles. The summed E-state index contributed by atoms with van der Waals surface area (Å²) in [5.41, 5.74) is 0.649. The molecule has 0 aromatic carbocycles. The van der Waals surface area contributed by atoms with Gasteiger partial charge in [-0.15, -0.1) is 22.7 Å². The van der Waals surface area contributed by atoms with Gasteiger partial charge in [-0.2, -0.15) is 8.42 Å². The van der Waals surface area contributed by atoms with E-state index in [2.05, 4.69) is 4.98 Å². The fourth-order valence-corrected chi connectivity index (χ4v) is 5.70. The molecule has 0 atom stereocenters. The molecule has 0 aliphatic rings. The monoisotopic (exact) mass is 343 g/mol. The smallest absolute Gasteiger partial charge is 0.278 e. The Morgan fingerprint density at radius 1 is 1.15 bits per heavy atom. The van der Waals surface area contributed by atoms with Gasteiger partial charge < -0.3 is 0 Å². The topological polar surface area (TPSA) is 56.4 Å². The van der Waals surface area contributed by atoms with Crippen LogP contribution in [0.1, 0.15) is 0 Å². The highest BCUT2D eigenvalue weighted by Crippen LogP contribution is 2.30. The minimum Gasteiger partial charge on any atom is -0.278 e. The first-order chi connectivity index (χ1) is 9.59. The van der Waals surface area contributed by atoms with E-state index in [0.29, 0.717) is 10.5 Å². The lowest BCUT2D eigenvalue weighted by Gasteiger charge is -2.05. The number of aromatic nitrogens is 3. The summed E-state index contributed by atoms with van der Waals surface area (Å²) in [7, 11) is -3.78. The maximum absolute atomic E-state index is 12.8. The Bertz CT molecular complexity index is 1040. The number of hydrogen-bond donors (Lipinski definition) is 0. The lowest BCUT2D eigenvalue weighted by Crippen LogP contribution is -2.14. The van der Waals surface area contributed by atoms with E-state index in [4.69, 9.17) is 11.6 Å². The van der Waals surface area contributed by atoms with E-state index in [1.165, 1.54) is 31.0 Å². The first-order valence-corrected chi connectivity index (χ1v) is 9.08. The Morgan fingerprint density at radius 2 is 2.00 bits per heavy atom. The quantitative estimate of drug-likeness (QED) is 0.561. The molecule has 0 radical (unpaired) electrons. The second-order valence-corrected chi connectivity index (χ2v) is 7.96. The number of thiophene rings is 1. The van der Waals surface area contributed by atoms with Gasteiger partial charge in [-0.1, -0.05) is 11.6 Å². The van der Waals surface area contributed by atoms with Crippen LogP contribution in [0.5, 0.6) is 0 Å². The number of thiazole rings is 1. The van der Waals surface area contributed by atoms with Crippen molar-refractivity contribution in [3.63, 3.8) is 0 Å². The normalized spacial score (nSPS) is 12.7. The van der Waals surface area contributed by atoms with Crippen molar-refractivity contribution in [2.24, 2.45) is 0 Å². The van der Waals surface area contributed by atoms with Crippen molar-refractivity contribution in [2.75, 3.05) is 0 Å². The third-order valence-corrected chi connectivity index (χ3v) is 6.67. The van der Waals surface area contributed by atoms with Gasteiger partial charge in [0.15, 0.2) is 10.1 Å². The Balaban J connectivity index is 2.08. The average molecular weight is 344 g/mol. The van der Waals surface area contributed by atoms with Gasteiger partial charge in [0.1, 0.15) is 0 Å². The highest BCUT2D eigenvalue weighted by atomic mass is 35.5. The SMILES string of the molecule is O=S(=O)(c1c(Cl)nc2sccn12)n1ccc2sccc21. The molecule has 102 valence electrons. The molecule has 0 saturated carbocycles. The zero-order valence-electron chi connectivity index (χ0n) is 9.72. The van der Waals surface area contributed by atoms with Crippen LogP contribution in [0.2, 0.25) is 5.15 Å². The molecule has 0 aliphatic carbocycles. The average Bonchev–Trinajstić information content (AvgIpc) is 3.03. The van der Waals surface area contributed by atoms with Gasteiger partial charge in [0.05, 0.1) is 10.2 Å². The van der Waals surface area contributed by atoms with Crippen molar-refractivity contribution in [2.45, 2.75) is 5.03 Å². The second kappa shape index (κ2) is 4.08. The number of fused-ring (bicyclic) bond motifs is 2. The molecule has 0 N–H and O–H groups in total. The molecule has 9 heteroatoms. The van der Waals surface area contributed by atoms with Crippen molar-refractivity contribution in [1.82, 2.24) is 13.4 Å². The number of rotatable bonds is 2. The lowest BCUT2D eigenvalue weighted by molar-refractivity contribution is 0.584. The lowest BCUT2D eigenvalue weighted by atomic mass is 10.5. The fraction of sp³-hybridized carbons (Fsp3) is 0. The van der Waals surface area contributed by atoms with E-state index in [1.807, 2.05) is 5.38 Å². The number of hydrogen-bond acceptors (Lipinski definition) is 5. The third-order valence-electron chi connectivity index (χ3n) is 2.95. The first-order valence-electron chi connectivity index (χ1n) is 5.50. The van der Waals surface area contributed by atoms with Crippen LogP contribution in [0, 0.1) is 0 Å². The standard InChI is InChI=1S/C11H6ClN3O2S3/c12-9-10(14-4-6-19-11(14)13-9)20(16,17)15-3-1-8-7(15)2-5-18-8/h1-6H. The van der Waals surface area contributed by atoms with Crippen molar-refractivity contribution in [1.29, 1.82) is 0 Å². The maximum atomic E-state index is 12.8. The van der Waals surface area contributed by atoms with Gasteiger partial charge in [0, 0.05) is 17.8 Å². The third kappa shape index (κ3) is 1.53. The predicted molar refractivity (Wildman–Crippen MR) is 80.5 cm³/mol. The van der Waals surface area contributed by atoms with Gasteiger partial charge >= 0.3 is 0 Å². The summed E-state index contributed by atoms with van der Waals surface area (Å²) in [6.07, 6.45) is 3.19. The summed E-state index contributed by atoms with van der Waals surface area (Å²) in [4.78, 5) is 4.63. The van der Waals surface area contributed by atoms with Crippen molar-refractivity contribution >= 4 is 59.5 Å². The van der Waals surface area contributed by atoms with Gasteiger partial charge in [-0.25, -0.2) is 8.96 Å². The molecule has 0 fully saturated rings. The minimum absolute atomic E-state index is 0.000818. The number of imidazole rings is 1. The minimum atomic E-state index is -3.78. The molecule has 0 unspecified atom stereocenters. The summed E-state index contributed by atoms with van der Waals surface area (Å²) < 4.78 is 29.3. The Hall–Kier alpha value is -1.35. The summed E-state index contributed by atoms with van der Waals surface area (Å²) in [5, 5.41) is 3.62. The molecule has 4 heterocycles. The first kappa shape index (κ1) is 12.4. The number of halogens is 1. The molecule has 0 aliphatic heterocycles. The van der Waals surface area contributed by atoms with Crippen LogP contribution >= 0.6 is 34.3 Å². The Morgan fingerprint density at radius 3 is 2.85 bits per heavy atom. The van der Waals surface area contributed by atoms with E-state index in [0.717, 1.165) is 4.70 Å². The molecule has 0 bridgehead atoms. The fourth-order valence-electron chi connectivity index (χ4n) is 2.11. The molecule has 20 heavy (non-hydrogen) atoms. The zero-order valence-corrected chi connectivity index (χ0v) is 12.9. The molecule has 4 aromatic rings. The van der Waals surface area contributed by atoms with Crippen LogP contribution in [-0.2, 0) is 10.0 Å². The van der Waals surface area contributed by atoms with Gasteiger partial charge in [0.2, 0.25) is 5.03 Å². The highest BCUT2D eigenvalue weighted by molar-refractivity contribution is 7.90. The maximum Gasteiger partial charge on any atom is 0.287 e. The van der Waals surface area contributed by atoms with Gasteiger partial charge in [-0.05, 0) is 17.5 Å². The van der Waals surface area contributed by atoms with Crippen molar-refractivity contribution in [3.8, 4) is 0 Å². The molecule has 5 nitrogen and oxygen atoms in total. The van der Waals surface area contributed by atoms with Crippen LogP contribution in [0.15, 0.2) is 40.3 Å². The van der Waals surface area contributed by atoms with Crippen LogP contribution < -0.4 is 0 Å². The molecular weight excluding hydrogens is 338 g/mol. The summed E-state index contributed by atoms with van der Waals surface area (Å²) in [6.45, 7) is 0. The molecule has 0 spiro atoms. The number of nitrogens with zero attached hydrogens (tertiary/aromatic N) is 3. The van der Waals surface area contributed by atoms with Gasteiger partial charge in [-0.3, -0.25) is 4.40 Å². The van der Waals surface area contributed by atoms with Crippen LogP contribution in [0.25, 0.3) is 15.2 Å². The van der Waals surface area contributed by atoms with E-state index in [1.54, 1.807) is 29.9 Å². The molecule has 0 amide bonds. The van der Waals surface area contributed by atoms with Crippen LogP contribution in [0.3, 0.4) is 0 Å². The summed E-state index contributed by atoms with van der Waals surface area (Å²) >= 11 is 8.85. The van der Waals surface area contributed by atoms with E-state index >= 15 is 0 Å². The highest BCUT2D eigenvalue weighted by Gasteiger charge is 2.27. The zero-order chi connectivity index (χ0) is 13.9. The van der Waals surface area contributed by atoms with Crippen LogP contribution in [0.4, 0.5) is 0 Å². The van der Waals surface area contributed by atoms with E-state index < -0.39 is 10.0 Å². The van der Waals surface area contributed by atoms with E-state index in [9.17, 15) is 8.42 Å².